The lowest BCUT2D eigenvalue weighted by atomic mass is 9.99. The zero-order valence-electron chi connectivity index (χ0n) is 28.3. The van der Waals surface area contributed by atoms with Gasteiger partial charge in [-0.15, -0.1) is 0 Å². The Balaban J connectivity index is 1.37. The largest absolute Gasteiger partial charge is 0.543 e. The van der Waals surface area contributed by atoms with Gasteiger partial charge in [0.15, 0.2) is 0 Å². The number of nitrogens with zero attached hydrogens (tertiary/aromatic N) is 4. The van der Waals surface area contributed by atoms with Gasteiger partial charge in [-0.2, -0.15) is 13.2 Å². The number of pyridine rings is 1. The molecule has 2 aromatic carbocycles. The zero-order chi connectivity index (χ0) is 34.1. The number of thiocarbonyl (C=S) groups is 1. The Morgan fingerprint density at radius 1 is 1.02 bits per heavy atom. The molecule has 2 aliphatic rings. The Morgan fingerprint density at radius 3 is 2.49 bits per heavy atom. The molecule has 0 aliphatic carbocycles. The number of benzene rings is 2. The monoisotopic (exact) mass is 702 g/mol. The van der Waals surface area contributed by atoms with Gasteiger partial charge in [0.2, 0.25) is 0 Å². The number of hydrogen-bond donors (Lipinski definition) is 0. The van der Waals surface area contributed by atoms with Gasteiger partial charge in [-0.05, 0) is 84.6 Å². The van der Waals surface area contributed by atoms with Crippen molar-refractivity contribution in [3.05, 3.63) is 93.3 Å². The quantitative estimate of drug-likeness (QED) is 0.173. The fraction of sp³-hybridized carbons (Fsp3) is 0.500. The van der Waals surface area contributed by atoms with E-state index in [9.17, 15) is 13.2 Å². The third kappa shape index (κ3) is 8.75. The number of halogens is 4. The number of hydrogen-bond acceptors (Lipinski definition) is 5. The SMILES string of the molecule is Cc1cc(C(=S)N2CCN(CCN3CCc4ncccc4C3)C[C@H]2Cc2ccc(Cl)c(O[Si](C)(C)C(C)(C)C)c2)cc(C(F)(F)F)c1. The average Bonchev–Trinajstić information content (AvgIpc) is 3.00. The van der Waals surface area contributed by atoms with Gasteiger partial charge in [-0.3, -0.25) is 14.8 Å². The molecule has 1 aromatic heterocycles. The van der Waals surface area contributed by atoms with Gasteiger partial charge in [-0.1, -0.05) is 56.7 Å². The molecule has 0 N–H and O–H groups in total. The second-order valence-corrected chi connectivity index (χ2v) is 20.0. The van der Waals surface area contributed by atoms with Crippen molar-refractivity contribution < 1.29 is 17.6 Å². The van der Waals surface area contributed by atoms with Crippen LogP contribution in [0.1, 0.15) is 54.3 Å². The van der Waals surface area contributed by atoms with E-state index in [2.05, 4.69) is 59.6 Å². The van der Waals surface area contributed by atoms with Gasteiger partial charge in [0.1, 0.15) is 10.7 Å². The van der Waals surface area contributed by atoms with Gasteiger partial charge in [0.05, 0.1) is 10.6 Å². The van der Waals surface area contributed by atoms with E-state index in [4.69, 9.17) is 28.2 Å². The lowest BCUT2D eigenvalue weighted by Gasteiger charge is -2.44. The summed E-state index contributed by atoms with van der Waals surface area (Å²) in [6, 6.07) is 14.2. The van der Waals surface area contributed by atoms with E-state index in [-0.39, 0.29) is 11.1 Å². The first-order valence-corrected chi connectivity index (χ1v) is 20.0. The van der Waals surface area contributed by atoms with Crippen molar-refractivity contribution in [3.63, 3.8) is 0 Å². The smallest absolute Gasteiger partial charge is 0.416 e. The number of piperazine rings is 1. The Kier molecular flexibility index (Phi) is 10.8. The highest BCUT2D eigenvalue weighted by molar-refractivity contribution is 7.80. The predicted molar refractivity (Wildman–Crippen MR) is 191 cm³/mol. The first-order valence-electron chi connectivity index (χ1n) is 16.3. The van der Waals surface area contributed by atoms with Crippen LogP contribution in [0.15, 0.2) is 54.7 Å². The minimum absolute atomic E-state index is 0.00915. The molecule has 0 spiro atoms. The van der Waals surface area contributed by atoms with Gasteiger partial charge in [-0.25, -0.2) is 0 Å². The Labute approximate surface area is 289 Å². The Morgan fingerprint density at radius 2 is 1.77 bits per heavy atom. The third-order valence-electron chi connectivity index (χ3n) is 9.89. The fourth-order valence-corrected chi connectivity index (χ4v) is 7.76. The van der Waals surface area contributed by atoms with Crippen molar-refractivity contribution >= 4 is 37.1 Å². The van der Waals surface area contributed by atoms with Crippen molar-refractivity contribution in [1.82, 2.24) is 19.7 Å². The minimum atomic E-state index is -4.44. The van der Waals surface area contributed by atoms with Gasteiger partial charge in [0, 0.05) is 75.7 Å². The summed E-state index contributed by atoms with van der Waals surface area (Å²) in [6.45, 7) is 18.5. The van der Waals surface area contributed by atoms with E-state index < -0.39 is 20.1 Å². The maximum absolute atomic E-state index is 13.8. The number of aryl methyl sites for hydroxylation is 1. The minimum Gasteiger partial charge on any atom is -0.543 e. The topological polar surface area (TPSA) is 31.8 Å². The standard InChI is InChI=1S/C36H46ClF3N4OSSi/c1-25-18-28(22-29(19-25)36(38,39)40)34(46)44-17-16-43(15-14-42-13-11-32-27(23-42)8-7-12-41-32)24-30(44)20-26-9-10-31(37)33(21-26)45-47(5,6)35(2,3)4/h7-10,12,18-19,21-22,30H,11,13-17,20,23-24H2,1-6H3/t30-/m1/s1. The van der Waals surface area contributed by atoms with E-state index in [1.807, 2.05) is 30.5 Å². The lowest BCUT2D eigenvalue weighted by Crippen LogP contribution is -2.56. The highest BCUT2D eigenvalue weighted by Gasteiger charge is 2.39. The summed E-state index contributed by atoms with van der Waals surface area (Å²) in [5.41, 5.74) is 3.84. The Bertz CT molecular complexity index is 1600. The van der Waals surface area contributed by atoms with Crippen molar-refractivity contribution in [2.45, 2.75) is 77.4 Å². The van der Waals surface area contributed by atoms with Crippen molar-refractivity contribution in [2.24, 2.45) is 0 Å². The summed E-state index contributed by atoms with van der Waals surface area (Å²) in [7, 11) is -2.14. The Hall–Kier alpha value is -2.50. The van der Waals surface area contributed by atoms with Crippen LogP contribution >= 0.6 is 23.8 Å². The normalized spacial score (nSPS) is 18.3. The summed E-state index contributed by atoms with van der Waals surface area (Å²) in [5.74, 6) is 0.686. The van der Waals surface area contributed by atoms with Crippen LogP contribution < -0.4 is 4.43 Å². The van der Waals surface area contributed by atoms with Crippen molar-refractivity contribution in [3.8, 4) is 5.75 Å². The molecule has 11 heteroatoms. The summed E-state index contributed by atoms with van der Waals surface area (Å²) in [6.07, 6.45) is -0.971. The molecule has 0 amide bonds. The number of fused-ring (bicyclic) bond motifs is 1. The molecular weight excluding hydrogens is 657 g/mol. The molecule has 47 heavy (non-hydrogen) atoms. The first-order chi connectivity index (χ1) is 22.0. The van der Waals surface area contributed by atoms with E-state index in [0.29, 0.717) is 39.9 Å². The molecule has 0 unspecified atom stereocenters. The number of alkyl halides is 3. The van der Waals surface area contributed by atoms with Gasteiger partial charge < -0.3 is 9.33 Å². The molecule has 2 aliphatic heterocycles. The van der Waals surface area contributed by atoms with Crippen LogP contribution in [0.25, 0.3) is 0 Å². The lowest BCUT2D eigenvalue weighted by molar-refractivity contribution is -0.137. The number of rotatable bonds is 8. The summed E-state index contributed by atoms with van der Waals surface area (Å²) in [4.78, 5) is 12.1. The molecule has 0 radical (unpaired) electrons. The summed E-state index contributed by atoms with van der Waals surface area (Å²) >= 11 is 12.6. The maximum atomic E-state index is 13.8. The fourth-order valence-electron chi connectivity index (χ4n) is 6.15. The van der Waals surface area contributed by atoms with E-state index in [1.54, 1.807) is 13.0 Å². The molecule has 1 atom stereocenters. The summed E-state index contributed by atoms with van der Waals surface area (Å²) < 4.78 is 47.9. The zero-order valence-corrected chi connectivity index (χ0v) is 30.8. The number of aromatic nitrogens is 1. The van der Waals surface area contributed by atoms with Crippen LogP contribution in [-0.4, -0.2) is 78.3 Å². The van der Waals surface area contributed by atoms with Gasteiger partial charge >= 0.3 is 6.18 Å². The molecule has 3 aromatic rings. The second-order valence-electron chi connectivity index (χ2n) is 14.5. The van der Waals surface area contributed by atoms with Crippen LogP contribution in [0.5, 0.6) is 5.75 Å². The van der Waals surface area contributed by atoms with E-state index in [0.717, 1.165) is 51.3 Å². The highest BCUT2D eigenvalue weighted by Crippen LogP contribution is 2.40. The van der Waals surface area contributed by atoms with Gasteiger partial charge in [0.25, 0.3) is 8.32 Å². The molecular formula is C36H46ClF3N4OSSi. The maximum Gasteiger partial charge on any atom is 0.416 e. The van der Waals surface area contributed by atoms with Crippen LogP contribution in [0.2, 0.25) is 23.2 Å². The van der Waals surface area contributed by atoms with Crippen LogP contribution in [0, 0.1) is 6.92 Å². The molecule has 0 saturated carbocycles. The molecule has 1 fully saturated rings. The molecule has 0 bridgehead atoms. The van der Waals surface area contributed by atoms with Crippen molar-refractivity contribution in [2.75, 3.05) is 39.3 Å². The first kappa shape index (κ1) is 35.8. The third-order valence-corrected chi connectivity index (χ3v) is 15.0. The molecule has 3 heterocycles. The molecule has 5 rings (SSSR count). The van der Waals surface area contributed by atoms with E-state index in [1.165, 1.54) is 23.4 Å². The molecule has 254 valence electrons. The molecule has 5 nitrogen and oxygen atoms in total. The van der Waals surface area contributed by atoms with Crippen LogP contribution in [0.4, 0.5) is 13.2 Å². The van der Waals surface area contributed by atoms with Crippen LogP contribution in [0.3, 0.4) is 0 Å². The highest BCUT2D eigenvalue weighted by atomic mass is 35.5. The van der Waals surface area contributed by atoms with Crippen molar-refractivity contribution in [1.29, 1.82) is 0 Å². The molecule has 1 saturated heterocycles. The summed E-state index contributed by atoms with van der Waals surface area (Å²) in [5, 5.41) is 0.587. The second kappa shape index (κ2) is 14.2. The predicted octanol–water partition coefficient (Wildman–Crippen LogP) is 8.41. The average molecular weight is 703 g/mol. The van der Waals surface area contributed by atoms with E-state index >= 15 is 0 Å². The van der Waals surface area contributed by atoms with Crippen LogP contribution in [-0.2, 0) is 25.6 Å².